The van der Waals surface area contributed by atoms with Crippen molar-refractivity contribution in [2.24, 2.45) is 5.84 Å². The molecule has 0 spiro atoms. The number of fused-ring (bicyclic) bond motifs is 1. The smallest absolute Gasteiger partial charge is 0.166 e. The molecule has 1 aliphatic heterocycles. The lowest BCUT2D eigenvalue weighted by molar-refractivity contribution is 0.343. The third kappa shape index (κ3) is 3.49. The van der Waals surface area contributed by atoms with Gasteiger partial charge in [-0.25, -0.2) is 15.8 Å². The Morgan fingerprint density at radius 2 is 2.07 bits per heavy atom. The van der Waals surface area contributed by atoms with E-state index >= 15 is 0 Å². The second kappa shape index (κ2) is 7.77. The predicted octanol–water partition coefficient (Wildman–Crippen LogP) is 2.21. The summed E-state index contributed by atoms with van der Waals surface area (Å²) in [7, 11) is 0. The van der Waals surface area contributed by atoms with Crippen LogP contribution in [0.1, 0.15) is 24.4 Å². The number of aromatic amines is 1. The molecule has 5 rings (SSSR count). The quantitative estimate of drug-likeness (QED) is 0.297. The van der Waals surface area contributed by atoms with Crippen LogP contribution in [0, 0.1) is 0 Å². The highest BCUT2D eigenvalue weighted by atomic mass is 15.4. The van der Waals surface area contributed by atoms with Crippen molar-refractivity contribution in [1.82, 2.24) is 30.0 Å². The van der Waals surface area contributed by atoms with Crippen LogP contribution < -0.4 is 21.9 Å². The Kier molecular flexibility index (Phi) is 4.82. The lowest BCUT2D eigenvalue weighted by Crippen LogP contribution is -2.31. The molecule has 6 N–H and O–H groups in total. The second-order valence-electron chi connectivity index (χ2n) is 7.64. The number of nitrogens with zero attached hydrogens (tertiary/aromatic N) is 5. The molecule has 0 aromatic carbocycles. The monoisotopic (exact) mass is 403 g/mol. The van der Waals surface area contributed by atoms with Crippen molar-refractivity contribution in [3.63, 3.8) is 0 Å². The summed E-state index contributed by atoms with van der Waals surface area (Å²) in [6.45, 7) is 2.51. The summed E-state index contributed by atoms with van der Waals surface area (Å²) in [5.74, 6) is 6.92. The maximum atomic E-state index is 6.38. The summed E-state index contributed by atoms with van der Waals surface area (Å²) < 4.78 is 2.05. The Morgan fingerprint density at radius 1 is 1.20 bits per heavy atom. The van der Waals surface area contributed by atoms with E-state index in [0.29, 0.717) is 24.1 Å². The standard InChI is InChI=1S/C21H25N9/c22-18-3-4-19(15-11-27-30(13-15)16-5-8-24-9-6-16)28-21(18)29(23)12-14-10-26-20-17(14)2-1-7-25-20/h1-4,7,10-11,13,16,24H,5-6,8-9,12,22-23H2,(H,25,26). The van der Waals surface area contributed by atoms with Crippen molar-refractivity contribution in [2.45, 2.75) is 25.4 Å². The van der Waals surface area contributed by atoms with Gasteiger partial charge in [-0.3, -0.25) is 9.69 Å². The molecule has 0 saturated carbocycles. The van der Waals surface area contributed by atoms with E-state index < -0.39 is 0 Å². The van der Waals surface area contributed by atoms with Crippen LogP contribution in [0.5, 0.6) is 0 Å². The number of anilines is 2. The van der Waals surface area contributed by atoms with Gasteiger partial charge in [-0.05, 0) is 50.2 Å². The molecule has 0 amide bonds. The maximum absolute atomic E-state index is 6.38. The molecule has 0 radical (unpaired) electrons. The minimum absolute atomic E-state index is 0.426. The number of nitrogens with two attached hydrogens (primary N) is 2. The summed E-state index contributed by atoms with van der Waals surface area (Å²) in [5.41, 5.74) is 10.4. The molecular formula is C21H25N9. The van der Waals surface area contributed by atoms with Crippen molar-refractivity contribution in [3.05, 3.63) is 54.6 Å². The van der Waals surface area contributed by atoms with Crippen LogP contribution in [0.4, 0.5) is 11.5 Å². The molecule has 1 aliphatic rings. The third-order valence-electron chi connectivity index (χ3n) is 5.63. The number of pyridine rings is 2. The molecule has 1 saturated heterocycles. The van der Waals surface area contributed by atoms with Crippen LogP contribution in [-0.2, 0) is 6.54 Å². The van der Waals surface area contributed by atoms with Crippen LogP contribution in [0.15, 0.2) is 49.1 Å². The molecule has 154 valence electrons. The predicted molar refractivity (Wildman–Crippen MR) is 117 cm³/mol. The third-order valence-corrected chi connectivity index (χ3v) is 5.63. The molecule has 4 aromatic rings. The molecule has 5 heterocycles. The number of hydrogen-bond donors (Lipinski definition) is 4. The number of hydrazine groups is 1. The number of nitrogens with one attached hydrogen (secondary N) is 2. The van der Waals surface area contributed by atoms with Gasteiger partial charge in [-0.15, -0.1) is 0 Å². The number of nitrogen functional groups attached to an aromatic ring is 1. The highest BCUT2D eigenvalue weighted by Gasteiger charge is 2.18. The highest BCUT2D eigenvalue weighted by molar-refractivity contribution is 5.80. The van der Waals surface area contributed by atoms with Gasteiger partial charge in [0.05, 0.1) is 30.2 Å². The summed E-state index contributed by atoms with van der Waals surface area (Å²) in [6, 6.07) is 8.11. The van der Waals surface area contributed by atoms with E-state index in [9.17, 15) is 0 Å². The lowest BCUT2D eigenvalue weighted by Gasteiger charge is -2.22. The van der Waals surface area contributed by atoms with Crippen molar-refractivity contribution >= 4 is 22.5 Å². The Morgan fingerprint density at radius 3 is 2.93 bits per heavy atom. The van der Waals surface area contributed by atoms with Crippen LogP contribution in [-0.4, -0.2) is 37.8 Å². The summed E-state index contributed by atoms with van der Waals surface area (Å²) in [4.78, 5) is 12.2. The molecule has 0 atom stereocenters. The van der Waals surface area contributed by atoms with E-state index in [1.807, 2.05) is 41.3 Å². The largest absolute Gasteiger partial charge is 0.396 e. The average molecular weight is 403 g/mol. The fourth-order valence-electron chi connectivity index (χ4n) is 3.99. The Balaban J connectivity index is 1.40. The second-order valence-corrected chi connectivity index (χ2v) is 7.64. The van der Waals surface area contributed by atoms with Crippen LogP contribution >= 0.6 is 0 Å². The maximum Gasteiger partial charge on any atom is 0.166 e. The zero-order valence-electron chi connectivity index (χ0n) is 16.6. The number of H-pyrrole nitrogens is 1. The lowest BCUT2D eigenvalue weighted by atomic mass is 10.1. The number of hydrogen-bond acceptors (Lipinski definition) is 7. The van der Waals surface area contributed by atoms with Gasteiger partial charge in [-0.1, -0.05) is 0 Å². The van der Waals surface area contributed by atoms with Crippen molar-refractivity contribution in [3.8, 4) is 11.3 Å². The molecule has 9 nitrogen and oxygen atoms in total. The minimum Gasteiger partial charge on any atom is -0.396 e. The van der Waals surface area contributed by atoms with Crippen LogP contribution in [0.25, 0.3) is 22.3 Å². The molecule has 30 heavy (non-hydrogen) atoms. The normalized spacial score (nSPS) is 15.0. The number of piperidine rings is 1. The molecule has 0 bridgehead atoms. The highest BCUT2D eigenvalue weighted by Crippen LogP contribution is 2.28. The first-order valence-corrected chi connectivity index (χ1v) is 10.1. The fourth-order valence-corrected chi connectivity index (χ4v) is 3.99. The molecule has 1 fully saturated rings. The summed E-state index contributed by atoms with van der Waals surface area (Å²) in [6.07, 6.45) is 9.76. The van der Waals surface area contributed by atoms with Gasteiger partial charge in [0.1, 0.15) is 5.65 Å². The van der Waals surface area contributed by atoms with Crippen molar-refractivity contribution < 1.29 is 0 Å². The van der Waals surface area contributed by atoms with Crippen molar-refractivity contribution in [1.29, 1.82) is 0 Å². The topological polar surface area (TPSA) is 127 Å². The molecule has 4 aromatic heterocycles. The number of aromatic nitrogens is 5. The van der Waals surface area contributed by atoms with E-state index in [-0.39, 0.29) is 0 Å². The Bertz CT molecular complexity index is 1160. The van der Waals surface area contributed by atoms with E-state index in [2.05, 4.69) is 26.6 Å². The zero-order valence-corrected chi connectivity index (χ0v) is 16.6. The van der Waals surface area contributed by atoms with Crippen LogP contribution in [0.2, 0.25) is 0 Å². The summed E-state index contributed by atoms with van der Waals surface area (Å²) >= 11 is 0. The van der Waals surface area contributed by atoms with E-state index in [4.69, 9.17) is 16.6 Å². The van der Waals surface area contributed by atoms with E-state index in [0.717, 1.165) is 53.8 Å². The first kappa shape index (κ1) is 18.6. The van der Waals surface area contributed by atoms with Gasteiger partial charge in [0.15, 0.2) is 5.82 Å². The minimum atomic E-state index is 0.426. The van der Waals surface area contributed by atoms with Gasteiger partial charge < -0.3 is 16.0 Å². The van der Waals surface area contributed by atoms with Gasteiger partial charge in [-0.2, -0.15) is 5.10 Å². The molecule has 0 unspecified atom stereocenters. The van der Waals surface area contributed by atoms with Crippen LogP contribution in [0.3, 0.4) is 0 Å². The Hall–Kier alpha value is -3.43. The fraction of sp³-hybridized carbons (Fsp3) is 0.286. The number of rotatable bonds is 5. The van der Waals surface area contributed by atoms with Gasteiger partial charge in [0, 0.05) is 35.1 Å². The first-order chi connectivity index (χ1) is 14.7. The first-order valence-electron chi connectivity index (χ1n) is 10.1. The van der Waals surface area contributed by atoms with Gasteiger partial charge >= 0.3 is 0 Å². The van der Waals surface area contributed by atoms with Gasteiger partial charge in [0.2, 0.25) is 0 Å². The molecule has 0 aliphatic carbocycles. The van der Waals surface area contributed by atoms with Crippen molar-refractivity contribution in [2.75, 3.05) is 23.8 Å². The Labute approximate surface area is 174 Å². The molecule has 9 heteroatoms. The summed E-state index contributed by atoms with van der Waals surface area (Å²) in [5, 5.41) is 10.6. The van der Waals surface area contributed by atoms with E-state index in [1.165, 1.54) is 0 Å². The van der Waals surface area contributed by atoms with Gasteiger partial charge in [0.25, 0.3) is 0 Å². The molecular weight excluding hydrogens is 378 g/mol. The van der Waals surface area contributed by atoms with E-state index in [1.54, 1.807) is 11.2 Å². The average Bonchev–Trinajstić information content (AvgIpc) is 3.43. The zero-order chi connectivity index (χ0) is 20.5. The SMILES string of the molecule is Nc1ccc(-c2cnn(C3CCNCC3)c2)nc1N(N)Cc1c[nH]c2ncccc12.